The maximum atomic E-state index is 12.0. The minimum Gasteiger partial charge on any atom is -0.368 e. The fraction of sp³-hybridized carbons (Fsp3) is 0. The van der Waals surface area contributed by atoms with E-state index in [0.29, 0.717) is 16.6 Å². The number of hydrazine groups is 1. The van der Waals surface area contributed by atoms with Gasteiger partial charge in [0.15, 0.2) is 5.84 Å². The number of amidine groups is 1. The summed E-state index contributed by atoms with van der Waals surface area (Å²) in [4.78, 5) is 7.95. The van der Waals surface area contributed by atoms with Gasteiger partial charge in [0, 0.05) is 17.1 Å². The molecule has 0 saturated carbocycles. The summed E-state index contributed by atoms with van der Waals surface area (Å²) < 4.78 is 24.0. The topological polar surface area (TPSA) is 188 Å². The van der Waals surface area contributed by atoms with Gasteiger partial charge in [-0.2, -0.15) is 5.10 Å². The van der Waals surface area contributed by atoms with Gasteiger partial charge < -0.3 is 17.0 Å². The summed E-state index contributed by atoms with van der Waals surface area (Å²) in [6.45, 7) is 0. The third-order valence-electron chi connectivity index (χ3n) is 3.75. The van der Waals surface area contributed by atoms with Gasteiger partial charge in [-0.15, -0.1) is 0 Å². The lowest BCUT2D eigenvalue weighted by Crippen LogP contribution is -2.34. The second-order valence-corrected chi connectivity index (χ2v) is 6.88. The minimum atomic E-state index is -4.06. The minimum absolute atomic E-state index is 0.0353. The van der Waals surface area contributed by atoms with Gasteiger partial charge in [-0.3, -0.25) is 0 Å². The zero-order valence-corrected chi connectivity index (χ0v) is 14.2. The average Bonchev–Trinajstić information content (AvgIpc) is 2.61. The van der Waals surface area contributed by atoms with Crippen LogP contribution in [0.5, 0.6) is 0 Å². The third kappa shape index (κ3) is 3.13. The fourth-order valence-electron chi connectivity index (χ4n) is 2.63. The molecule has 2 aromatic carbocycles. The van der Waals surface area contributed by atoms with Crippen molar-refractivity contribution in [1.29, 1.82) is 0 Å². The Kier molecular flexibility index (Phi) is 4.42. The number of primary sulfonamides is 1. The largest absolute Gasteiger partial charge is 0.368 e. The summed E-state index contributed by atoms with van der Waals surface area (Å²) in [7, 11) is -4.06. The van der Waals surface area contributed by atoms with Gasteiger partial charge in [0.05, 0.1) is 10.4 Å². The third-order valence-corrected chi connectivity index (χ3v) is 4.70. The van der Waals surface area contributed by atoms with E-state index in [2.05, 4.69) is 20.5 Å². The van der Waals surface area contributed by atoms with Crippen LogP contribution in [0.1, 0.15) is 5.56 Å². The Morgan fingerprint density at radius 1 is 1.19 bits per heavy atom. The van der Waals surface area contributed by atoms with Gasteiger partial charge in [-0.25, -0.2) is 29.4 Å². The van der Waals surface area contributed by atoms with Crippen molar-refractivity contribution in [3.05, 3.63) is 48.2 Å². The molecule has 0 unspecified atom stereocenters. The fourth-order valence-corrected chi connectivity index (χ4v) is 3.39. The maximum Gasteiger partial charge on any atom is 0.238 e. The first-order valence-electron chi connectivity index (χ1n) is 7.28. The van der Waals surface area contributed by atoms with Crippen LogP contribution in [0.2, 0.25) is 0 Å². The first-order chi connectivity index (χ1) is 12.3. The lowest BCUT2D eigenvalue weighted by atomic mass is 9.98. The second kappa shape index (κ2) is 6.55. The Hall–Kier alpha value is -3.28. The molecule has 134 valence electrons. The van der Waals surface area contributed by atoms with Crippen molar-refractivity contribution in [1.82, 2.24) is 15.4 Å². The number of hydrogen-bond donors (Lipinski definition) is 5. The Balaban J connectivity index is 2.35. The highest BCUT2D eigenvalue weighted by Crippen LogP contribution is 2.30. The number of nitrogen functional groups attached to an aromatic ring is 1. The first-order valence-corrected chi connectivity index (χ1v) is 8.83. The summed E-state index contributed by atoms with van der Waals surface area (Å²) in [5.74, 6) is 10.9. The number of sulfonamides is 1. The molecule has 3 rings (SSSR count). The van der Waals surface area contributed by atoms with Crippen LogP contribution in [0.25, 0.3) is 22.0 Å². The van der Waals surface area contributed by atoms with Crippen molar-refractivity contribution >= 4 is 32.7 Å². The van der Waals surface area contributed by atoms with E-state index in [4.69, 9.17) is 22.6 Å². The highest BCUT2D eigenvalue weighted by Gasteiger charge is 2.22. The zero-order valence-electron chi connectivity index (χ0n) is 13.4. The summed E-state index contributed by atoms with van der Waals surface area (Å²) >= 11 is 0. The van der Waals surface area contributed by atoms with Crippen LogP contribution in [0.15, 0.2) is 52.6 Å². The van der Waals surface area contributed by atoms with Crippen molar-refractivity contribution in [3.8, 4) is 11.1 Å². The van der Waals surface area contributed by atoms with Crippen LogP contribution in [0.3, 0.4) is 0 Å². The molecule has 0 aliphatic carbocycles. The molecule has 0 saturated heterocycles. The van der Waals surface area contributed by atoms with Crippen LogP contribution in [-0.2, 0) is 10.0 Å². The number of hydrogen-bond acceptors (Lipinski definition) is 8. The molecule has 0 aliphatic rings. The van der Waals surface area contributed by atoms with Crippen molar-refractivity contribution in [2.75, 3.05) is 5.73 Å². The van der Waals surface area contributed by atoms with Crippen molar-refractivity contribution in [3.63, 3.8) is 0 Å². The molecule has 0 fully saturated rings. The molecule has 0 bridgehead atoms. The van der Waals surface area contributed by atoms with E-state index in [1.165, 1.54) is 6.07 Å². The molecule has 0 radical (unpaired) electrons. The lowest BCUT2D eigenvalue weighted by Gasteiger charge is -2.15. The highest BCUT2D eigenvalue weighted by atomic mass is 32.2. The molecule has 11 heteroatoms. The monoisotopic (exact) mass is 372 g/mol. The van der Waals surface area contributed by atoms with Crippen molar-refractivity contribution in [2.45, 2.75) is 4.90 Å². The normalized spacial score (nSPS) is 12.3. The second-order valence-electron chi connectivity index (χ2n) is 5.35. The maximum absolute atomic E-state index is 12.0. The van der Waals surface area contributed by atoms with E-state index in [-0.39, 0.29) is 22.2 Å². The van der Waals surface area contributed by atoms with Gasteiger partial charge >= 0.3 is 0 Å². The van der Waals surface area contributed by atoms with Gasteiger partial charge in [-0.05, 0) is 23.3 Å². The van der Waals surface area contributed by atoms with Gasteiger partial charge in [-0.1, -0.05) is 24.3 Å². The van der Waals surface area contributed by atoms with E-state index in [1.54, 1.807) is 36.5 Å². The number of nitrogens with one attached hydrogen (secondary N) is 1. The number of fused-ring (bicyclic) bond motifs is 1. The Morgan fingerprint density at radius 3 is 2.62 bits per heavy atom. The molecular formula is C15H16N8O2S. The predicted octanol–water partition coefficient (Wildman–Crippen LogP) is -0.390. The number of aromatic nitrogens is 2. The zero-order chi connectivity index (χ0) is 18.9. The van der Waals surface area contributed by atoms with Crippen molar-refractivity contribution < 1.29 is 8.42 Å². The van der Waals surface area contributed by atoms with Crippen LogP contribution >= 0.6 is 0 Å². The van der Waals surface area contributed by atoms with E-state index in [1.807, 2.05) is 0 Å². The molecule has 0 atom stereocenters. The van der Waals surface area contributed by atoms with Gasteiger partial charge in [0.2, 0.25) is 16.0 Å². The Bertz CT molecular complexity index is 1130. The summed E-state index contributed by atoms with van der Waals surface area (Å²) in [6.07, 6.45) is 1.59. The summed E-state index contributed by atoms with van der Waals surface area (Å²) in [5, 5.41) is 9.64. The number of anilines is 1. The summed E-state index contributed by atoms with van der Waals surface area (Å²) in [5.41, 5.74) is 9.82. The molecular weight excluding hydrogens is 356 g/mol. The summed E-state index contributed by atoms with van der Waals surface area (Å²) in [6, 6.07) is 9.90. The molecule has 1 heterocycles. The number of rotatable bonds is 3. The van der Waals surface area contributed by atoms with Crippen LogP contribution in [0, 0.1) is 0 Å². The SMILES string of the molecule is N/N=C(\NN)c1c(-c2ccc3cnc(N)nc3c2)cccc1S(N)(=O)=O. The highest BCUT2D eigenvalue weighted by molar-refractivity contribution is 7.89. The molecule has 0 aliphatic heterocycles. The van der Waals surface area contributed by atoms with Crippen molar-refractivity contribution in [2.24, 2.45) is 21.9 Å². The van der Waals surface area contributed by atoms with E-state index in [0.717, 1.165) is 5.39 Å². The standard InChI is InChI=1S/C15H16N8O2S/c16-15-20-7-9-5-4-8(6-11(9)21-15)10-2-1-3-12(26(19,24)25)13(10)14(22-17)23-18/h1-7H,17-18H2,(H,22,23)(H2,16,20,21)(H2,19,24,25). The Labute approximate surface area is 148 Å². The smallest absolute Gasteiger partial charge is 0.238 e. The van der Waals surface area contributed by atoms with E-state index < -0.39 is 10.0 Å². The Morgan fingerprint density at radius 2 is 1.96 bits per heavy atom. The molecule has 0 spiro atoms. The molecule has 1 aromatic heterocycles. The molecule has 3 aromatic rings. The average molecular weight is 372 g/mol. The van der Waals surface area contributed by atoms with E-state index >= 15 is 0 Å². The van der Waals surface area contributed by atoms with E-state index in [9.17, 15) is 8.42 Å². The quantitative estimate of drug-likeness (QED) is 0.178. The first kappa shape index (κ1) is 17.5. The van der Waals surface area contributed by atoms with Gasteiger partial charge in [0.25, 0.3) is 0 Å². The van der Waals surface area contributed by atoms with Crippen LogP contribution in [0.4, 0.5) is 5.95 Å². The molecule has 10 nitrogen and oxygen atoms in total. The molecule has 0 amide bonds. The number of nitrogens with two attached hydrogens (primary N) is 4. The number of benzene rings is 2. The number of nitrogens with zero attached hydrogens (tertiary/aromatic N) is 3. The van der Waals surface area contributed by atoms with Crippen LogP contribution in [-0.4, -0.2) is 24.2 Å². The molecule has 26 heavy (non-hydrogen) atoms. The molecule has 9 N–H and O–H groups in total. The number of hydrazone groups is 1. The predicted molar refractivity (Wildman–Crippen MR) is 98.8 cm³/mol. The van der Waals surface area contributed by atoms with Crippen LogP contribution < -0.4 is 28.0 Å². The van der Waals surface area contributed by atoms with Gasteiger partial charge in [0.1, 0.15) is 0 Å². The lowest BCUT2D eigenvalue weighted by molar-refractivity contribution is 0.597.